The van der Waals surface area contributed by atoms with E-state index in [4.69, 9.17) is 4.74 Å². The maximum Gasteiger partial charge on any atom is 0.258 e. The van der Waals surface area contributed by atoms with Crippen LogP contribution in [0.5, 0.6) is 5.75 Å². The highest BCUT2D eigenvalue weighted by atomic mass is 16.5. The highest BCUT2D eigenvalue weighted by molar-refractivity contribution is 5.94. The average Bonchev–Trinajstić information content (AvgIpc) is 2.84. The summed E-state index contributed by atoms with van der Waals surface area (Å²) in [5, 5.41) is 3.01. The van der Waals surface area contributed by atoms with Crippen LogP contribution < -0.4 is 10.1 Å². The van der Waals surface area contributed by atoms with Gasteiger partial charge in [-0.2, -0.15) is 0 Å². The molecule has 3 aromatic carbocycles. The third-order valence-corrected chi connectivity index (χ3v) is 5.50. The molecule has 5 nitrogen and oxygen atoms in total. The zero-order valence-corrected chi connectivity index (χ0v) is 17.4. The molecule has 0 spiro atoms. The number of para-hydroxylation sites is 1. The molecular weight excluding hydrogens is 388 g/mol. The van der Waals surface area contributed by atoms with Crippen LogP contribution in [0.2, 0.25) is 0 Å². The maximum atomic E-state index is 12.9. The van der Waals surface area contributed by atoms with Gasteiger partial charge in [0, 0.05) is 24.7 Å². The Morgan fingerprint density at radius 3 is 2.03 bits per heavy atom. The van der Waals surface area contributed by atoms with Gasteiger partial charge in [-0.3, -0.25) is 9.59 Å². The molecule has 1 N–H and O–H groups in total. The van der Waals surface area contributed by atoms with Crippen molar-refractivity contribution in [3.63, 3.8) is 0 Å². The predicted octanol–water partition coefficient (Wildman–Crippen LogP) is 4.15. The van der Waals surface area contributed by atoms with E-state index in [2.05, 4.69) is 17.4 Å². The summed E-state index contributed by atoms with van der Waals surface area (Å²) in [6.45, 7) is 1.25. The molecule has 4 rings (SSSR count). The van der Waals surface area contributed by atoms with Crippen molar-refractivity contribution >= 4 is 11.8 Å². The SMILES string of the molecule is O=C(COc1ccccc1)NC1CCN(C(=O)c2ccc(-c3ccccc3)cc2)CC1. The van der Waals surface area contributed by atoms with E-state index in [9.17, 15) is 9.59 Å². The van der Waals surface area contributed by atoms with Crippen molar-refractivity contribution in [1.82, 2.24) is 10.2 Å². The minimum absolute atomic E-state index is 0.00305. The molecule has 0 radical (unpaired) electrons. The highest BCUT2D eigenvalue weighted by Crippen LogP contribution is 2.21. The molecule has 158 valence electrons. The summed E-state index contributed by atoms with van der Waals surface area (Å²) in [6.07, 6.45) is 1.48. The lowest BCUT2D eigenvalue weighted by Gasteiger charge is -2.32. The number of rotatable bonds is 6. The number of benzene rings is 3. The first-order chi connectivity index (χ1) is 15.2. The van der Waals surface area contributed by atoms with E-state index in [1.54, 1.807) is 0 Å². The van der Waals surface area contributed by atoms with Gasteiger partial charge in [0.25, 0.3) is 11.8 Å². The second-order valence-electron chi connectivity index (χ2n) is 7.68. The zero-order chi connectivity index (χ0) is 21.5. The standard InChI is InChI=1S/C26H26N2O3/c29-25(19-31-24-9-5-2-6-10-24)27-23-15-17-28(18-16-23)26(30)22-13-11-21(12-14-22)20-7-3-1-4-8-20/h1-14,23H,15-19H2,(H,27,29). The van der Waals surface area contributed by atoms with Crippen LogP contribution in [0.4, 0.5) is 0 Å². The number of ether oxygens (including phenoxy) is 1. The van der Waals surface area contributed by atoms with Crippen LogP contribution in [0.3, 0.4) is 0 Å². The first-order valence-corrected chi connectivity index (χ1v) is 10.6. The van der Waals surface area contributed by atoms with E-state index in [-0.39, 0.29) is 24.5 Å². The normalized spacial score (nSPS) is 14.1. The number of piperidine rings is 1. The molecular formula is C26H26N2O3. The van der Waals surface area contributed by atoms with Crippen LogP contribution in [0.15, 0.2) is 84.9 Å². The lowest BCUT2D eigenvalue weighted by molar-refractivity contribution is -0.124. The molecule has 0 unspecified atom stereocenters. The second-order valence-corrected chi connectivity index (χ2v) is 7.68. The van der Waals surface area contributed by atoms with E-state index in [1.165, 1.54) is 0 Å². The molecule has 31 heavy (non-hydrogen) atoms. The Morgan fingerprint density at radius 1 is 0.806 bits per heavy atom. The van der Waals surface area contributed by atoms with E-state index >= 15 is 0 Å². The van der Waals surface area contributed by atoms with E-state index in [1.807, 2.05) is 77.7 Å². The van der Waals surface area contributed by atoms with Crippen LogP contribution in [0, 0.1) is 0 Å². The summed E-state index contributed by atoms with van der Waals surface area (Å²) in [5.41, 5.74) is 2.92. The molecule has 2 amide bonds. The number of amides is 2. The highest BCUT2D eigenvalue weighted by Gasteiger charge is 2.24. The number of carbonyl (C=O) groups excluding carboxylic acids is 2. The van der Waals surface area contributed by atoms with Gasteiger partial charge in [-0.15, -0.1) is 0 Å². The summed E-state index contributed by atoms with van der Waals surface area (Å²) in [7, 11) is 0. The van der Waals surface area contributed by atoms with Gasteiger partial charge < -0.3 is 15.0 Å². The topological polar surface area (TPSA) is 58.6 Å². The Kier molecular flexibility index (Phi) is 6.62. The number of carbonyl (C=O) groups is 2. The van der Waals surface area contributed by atoms with Crippen molar-refractivity contribution in [2.45, 2.75) is 18.9 Å². The van der Waals surface area contributed by atoms with Crippen molar-refractivity contribution < 1.29 is 14.3 Å². The van der Waals surface area contributed by atoms with Crippen LogP contribution in [-0.4, -0.2) is 42.5 Å². The van der Waals surface area contributed by atoms with Crippen molar-refractivity contribution in [2.24, 2.45) is 0 Å². The second kappa shape index (κ2) is 9.94. The fraction of sp³-hybridized carbons (Fsp3) is 0.231. The fourth-order valence-corrected chi connectivity index (χ4v) is 3.78. The number of nitrogens with one attached hydrogen (secondary N) is 1. The molecule has 1 aliphatic heterocycles. The van der Waals surface area contributed by atoms with Crippen LogP contribution in [-0.2, 0) is 4.79 Å². The van der Waals surface area contributed by atoms with Crippen molar-refractivity contribution in [2.75, 3.05) is 19.7 Å². The molecule has 0 bridgehead atoms. The number of hydrogen-bond donors (Lipinski definition) is 1. The van der Waals surface area contributed by atoms with E-state index in [0.29, 0.717) is 24.4 Å². The zero-order valence-electron chi connectivity index (χ0n) is 17.4. The maximum absolute atomic E-state index is 12.9. The monoisotopic (exact) mass is 414 g/mol. The third kappa shape index (κ3) is 5.51. The molecule has 0 aromatic heterocycles. The number of nitrogens with zero attached hydrogens (tertiary/aromatic N) is 1. The van der Waals surface area contributed by atoms with Crippen molar-refractivity contribution in [1.29, 1.82) is 0 Å². The van der Waals surface area contributed by atoms with Crippen molar-refractivity contribution in [3.05, 3.63) is 90.5 Å². The van der Waals surface area contributed by atoms with Gasteiger partial charge in [0.05, 0.1) is 0 Å². The Balaban J connectivity index is 1.24. The van der Waals surface area contributed by atoms with Gasteiger partial charge in [0.2, 0.25) is 0 Å². The predicted molar refractivity (Wildman–Crippen MR) is 121 cm³/mol. The first kappa shape index (κ1) is 20.7. The summed E-state index contributed by atoms with van der Waals surface area (Å²) in [4.78, 5) is 26.9. The Hall–Kier alpha value is -3.60. The molecule has 5 heteroatoms. The first-order valence-electron chi connectivity index (χ1n) is 10.6. The lowest BCUT2D eigenvalue weighted by Crippen LogP contribution is -2.47. The van der Waals surface area contributed by atoms with Gasteiger partial charge in [0.1, 0.15) is 5.75 Å². The molecule has 1 aliphatic rings. The summed E-state index contributed by atoms with van der Waals surface area (Å²) in [5.74, 6) is 0.582. The third-order valence-electron chi connectivity index (χ3n) is 5.50. The van der Waals surface area contributed by atoms with Gasteiger partial charge in [-0.05, 0) is 48.2 Å². The number of likely N-dealkylation sites (tertiary alicyclic amines) is 1. The van der Waals surface area contributed by atoms with E-state index in [0.717, 1.165) is 24.0 Å². The average molecular weight is 415 g/mol. The molecule has 0 atom stereocenters. The largest absolute Gasteiger partial charge is 0.484 e. The quantitative estimate of drug-likeness (QED) is 0.659. The summed E-state index contributed by atoms with van der Waals surface area (Å²) in [6, 6.07) is 27.2. The van der Waals surface area contributed by atoms with Crippen molar-refractivity contribution in [3.8, 4) is 16.9 Å². The Morgan fingerprint density at radius 2 is 1.39 bits per heavy atom. The summed E-state index contributed by atoms with van der Waals surface area (Å²) >= 11 is 0. The van der Waals surface area contributed by atoms with E-state index < -0.39 is 0 Å². The molecule has 1 saturated heterocycles. The van der Waals surface area contributed by atoms with Gasteiger partial charge >= 0.3 is 0 Å². The Labute approximate surface area is 182 Å². The van der Waals surface area contributed by atoms with Gasteiger partial charge in [-0.25, -0.2) is 0 Å². The Bertz CT molecular complexity index is 996. The minimum Gasteiger partial charge on any atom is -0.484 e. The minimum atomic E-state index is -0.134. The molecule has 0 aliphatic carbocycles. The fourth-order valence-electron chi connectivity index (χ4n) is 3.78. The smallest absolute Gasteiger partial charge is 0.258 e. The van der Waals surface area contributed by atoms with Crippen LogP contribution >= 0.6 is 0 Å². The molecule has 1 fully saturated rings. The molecule has 1 heterocycles. The van der Waals surface area contributed by atoms with Crippen LogP contribution in [0.1, 0.15) is 23.2 Å². The van der Waals surface area contributed by atoms with Gasteiger partial charge in [-0.1, -0.05) is 60.7 Å². The molecule has 3 aromatic rings. The molecule has 0 saturated carbocycles. The lowest BCUT2D eigenvalue weighted by atomic mass is 10.0. The summed E-state index contributed by atoms with van der Waals surface area (Å²) < 4.78 is 5.49. The van der Waals surface area contributed by atoms with Crippen LogP contribution in [0.25, 0.3) is 11.1 Å². The number of hydrogen-bond acceptors (Lipinski definition) is 3. The van der Waals surface area contributed by atoms with Gasteiger partial charge in [0.15, 0.2) is 6.61 Å².